The zero-order chi connectivity index (χ0) is 17.4. The van der Waals surface area contributed by atoms with Gasteiger partial charge >= 0.3 is 5.97 Å². The highest BCUT2D eigenvalue weighted by Crippen LogP contribution is 2.37. The minimum Gasteiger partial charge on any atom is -0.480 e. The number of thiophene rings is 1. The van der Waals surface area contributed by atoms with Gasteiger partial charge in [0.05, 0.1) is 15.6 Å². The van der Waals surface area contributed by atoms with E-state index in [4.69, 9.17) is 0 Å². The molecule has 0 aromatic carbocycles. The molecule has 25 heavy (non-hydrogen) atoms. The number of carbonyl (C=O) groups is 1. The number of nitrogens with zero attached hydrogens (tertiary/aromatic N) is 3. The Labute approximate surface area is 153 Å². The molecule has 0 bridgehead atoms. The van der Waals surface area contributed by atoms with E-state index in [0.717, 1.165) is 29.2 Å². The molecule has 128 valence electrons. The molecule has 0 saturated heterocycles. The van der Waals surface area contributed by atoms with Crippen LogP contribution < -0.4 is 0 Å². The zero-order valence-electron chi connectivity index (χ0n) is 13.7. The van der Waals surface area contributed by atoms with Crippen LogP contribution in [0, 0.1) is 6.92 Å². The van der Waals surface area contributed by atoms with Crippen LogP contribution in [0.4, 0.5) is 0 Å². The lowest BCUT2D eigenvalue weighted by atomic mass is 10.0. The van der Waals surface area contributed by atoms with E-state index in [-0.39, 0.29) is 0 Å². The molecule has 3 aromatic heterocycles. The third-order valence-corrected chi connectivity index (χ3v) is 6.40. The number of fused-ring (bicyclic) bond motifs is 1. The van der Waals surface area contributed by atoms with Crippen LogP contribution in [0.3, 0.4) is 0 Å². The van der Waals surface area contributed by atoms with Gasteiger partial charge in [0.1, 0.15) is 6.04 Å². The van der Waals surface area contributed by atoms with Crippen LogP contribution in [-0.2, 0) is 17.8 Å². The van der Waals surface area contributed by atoms with Crippen LogP contribution in [0.1, 0.15) is 27.1 Å². The highest BCUT2D eigenvalue weighted by molar-refractivity contribution is 7.16. The maximum atomic E-state index is 11.9. The van der Waals surface area contributed by atoms with Gasteiger partial charge in [-0.2, -0.15) is 0 Å². The number of pyridine rings is 1. The van der Waals surface area contributed by atoms with Gasteiger partial charge in [-0.05, 0) is 36.6 Å². The number of carboxylic acids is 1. The molecule has 0 radical (unpaired) electrons. The Morgan fingerprint density at radius 3 is 3.00 bits per heavy atom. The summed E-state index contributed by atoms with van der Waals surface area (Å²) in [5.74, 6) is -0.831. The summed E-state index contributed by atoms with van der Waals surface area (Å²) in [5.41, 5.74) is 2.96. The first-order chi connectivity index (χ1) is 12.1. The van der Waals surface area contributed by atoms with Gasteiger partial charge in [-0.1, -0.05) is 6.07 Å². The summed E-state index contributed by atoms with van der Waals surface area (Å²) in [7, 11) is 0. The van der Waals surface area contributed by atoms with Crippen molar-refractivity contribution in [3.63, 3.8) is 0 Å². The van der Waals surface area contributed by atoms with Gasteiger partial charge in [-0.3, -0.25) is 14.7 Å². The van der Waals surface area contributed by atoms with Crippen LogP contribution >= 0.6 is 22.7 Å². The minimum absolute atomic E-state index is 0.640. The predicted molar refractivity (Wildman–Crippen MR) is 98.9 cm³/mol. The SMILES string of the molecule is Cc1nc(-c2cc3c(s2)CCN(C(C(=O)O)c2cccnc2)C3)cs1. The lowest BCUT2D eigenvalue weighted by molar-refractivity contribution is -0.144. The maximum Gasteiger partial charge on any atom is 0.325 e. The van der Waals surface area contributed by atoms with Crippen LogP contribution in [0.15, 0.2) is 36.0 Å². The highest BCUT2D eigenvalue weighted by Gasteiger charge is 2.31. The van der Waals surface area contributed by atoms with Gasteiger partial charge < -0.3 is 5.11 Å². The number of thiazole rings is 1. The van der Waals surface area contributed by atoms with Crippen molar-refractivity contribution in [3.8, 4) is 10.6 Å². The summed E-state index contributed by atoms with van der Waals surface area (Å²) in [4.78, 5) is 25.0. The fourth-order valence-corrected chi connectivity index (χ4v) is 5.04. The molecule has 1 aliphatic heterocycles. The quantitative estimate of drug-likeness (QED) is 0.756. The fourth-order valence-electron chi connectivity index (χ4n) is 3.23. The van der Waals surface area contributed by atoms with Crippen molar-refractivity contribution in [2.45, 2.75) is 25.9 Å². The molecule has 1 aliphatic rings. The van der Waals surface area contributed by atoms with E-state index in [1.807, 2.05) is 17.9 Å². The first-order valence-corrected chi connectivity index (χ1v) is 9.72. The number of aliphatic carboxylic acids is 1. The van der Waals surface area contributed by atoms with Crippen molar-refractivity contribution < 1.29 is 9.90 Å². The topological polar surface area (TPSA) is 66.3 Å². The van der Waals surface area contributed by atoms with Crippen molar-refractivity contribution in [2.75, 3.05) is 6.54 Å². The molecular weight excluding hydrogens is 354 g/mol. The predicted octanol–water partition coefficient (Wildman–Crippen LogP) is 3.76. The highest BCUT2D eigenvalue weighted by atomic mass is 32.1. The summed E-state index contributed by atoms with van der Waals surface area (Å²) in [6.45, 7) is 3.38. The van der Waals surface area contributed by atoms with Gasteiger partial charge in [0.2, 0.25) is 0 Å². The Hall–Kier alpha value is -2.09. The number of hydrogen-bond donors (Lipinski definition) is 1. The second kappa shape index (κ2) is 6.67. The van der Waals surface area contributed by atoms with E-state index < -0.39 is 12.0 Å². The molecule has 7 heteroatoms. The monoisotopic (exact) mass is 371 g/mol. The van der Waals surface area contributed by atoms with Gasteiger partial charge in [0.25, 0.3) is 0 Å². The summed E-state index contributed by atoms with van der Waals surface area (Å²) in [5, 5.41) is 12.9. The standard InChI is InChI=1S/C18H17N3O2S2/c1-11-20-14(10-24-11)16-7-13-9-21(6-4-15(13)25-16)17(18(22)23)12-3-2-5-19-8-12/h2-3,5,7-8,10,17H,4,6,9H2,1H3,(H,22,23). The lowest BCUT2D eigenvalue weighted by Gasteiger charge is -2.32. The molecule has 1 unspecified atom stereocenters. The van der Waals surface area contributed by atoms with Crippen LogP contribution in [0.5, 0.6) is 0 Å². The minimum atomic E-state index is -0.831. The molecule has 4 rings (SSSR count). The van der Waals surface area contributed by atoms with Crippen LogP contribution in [-0.4, -0.2) is 32.5 Å². The van der Waals surface area contributed by atoms with Crippen molar-refractivity contribution in [3.05, 3.63) is 57.0 Å². The van der Waals surface area contributed by atoms with Crippen LogP contribution in [0.25, 0.3) is 10.6 Å². The van der Waals surface area contributed by atoms with Gasteiger partial charge in [-0.25, -0.2) is 4.98 Å². The average molecular weight is 371 g/mol. The average Bonchev–Trinajstić information content (AvgIpc) is 3.21. The van der Waals surface area contributed by atoms with E-state index >= 15 is 0 Å². The summed E-state index contributed by atoms with van der Waals surface area (Å²) < 4.78 is 0. The Kier molecular flexibility index (Phi) is 4.37. The summed E-state index contributed by atoms with van der Waals surface area (Å²) >= 11 is 3.43. The Bertz CT molecular complexity index is 904. The third kappa shape index (κ3) is 3.22. The number of aromatic nitrogens is 2. The van der Waals surface area contributed by atoms with E-state index in [1.165, 1.54) is 15.3 Å². The largest absolute Gasteiger partial charge is 0.480 e. The zero-order valence-corrected chi connectivity index (χ0v) is 15.3. The Morgan fingerprint density at radius 2 is 2.32 bits per heavy atom. The van der Waals surface area contributed by atoms with Crippen molar-refractivity contribution in [1.82, 2.24) is 14.9 Å². The van der Waals surface area contributed by atoms with E-state index in [9.17, 15) is 9.90 Å². The summed E-state index contributed by atoms with van der Waals surface area (Å²) in [6.07, 6.45) is 4.18. The van der Waals surface area contributed by atoms with E-state index in [2.05, 4.69) is 21.4 Å². The molecule has 0 aliphatic carbocycles. The van der Waals surface area contributed by atoms with Crippen molar-refractivity contribution >= 4 is 28.6 Å². The molecule has 4 heterocycles. The fraction of sp³-hybridized carbons (Fsp3) is 0.278. The number of hydrogen-bond acceptors (Lipinski definition) is 6. The third-order valence-electron chi connectivity index (χ3n) is 4.37. The molecule has 1 atom stereocenters. The molecule has 0 spiro atoms. The Balaban J connectivity index is 1.62. The smallest absolute Gasteiger partial charge is 0.325 e. The number of aryl methyl sites for hydroxylation is 1. The maximum absolute atomic E-state index is 11.9. The second-order valence-corrected chi connectivity index (χ2v) is 8.26. The molecular formula is C18H17N3O2S2. The number of carboxylic acid groups (broad SMARTS) is 1. The first-order valence-electron chi connectivity index (χ1n) is 8.02. The molecule has 3 aromatic rings. The molecule has 5 nitrogen and oxygen atoms in total. The Morgan fingerprint density at radius 1 is 1.44 bits per heavy atom. The van der Waals surface area contributed by atoms with Gasteiger partial charge in [0, 0.05) is 35.7 Å². The molecule has 1 N–H and O–H groups in total. The normalized spacial score (nSPS) is 15.7. The molecule has 0 saturated carbocycles. The molecule has 0 amide bonds. The number of rotatable bonds is 4. The first kappa shape index (κ1) is 16.4. The van der Waals surface area contributed by atoms with E-state index in [1.54, 1.807) is 41.1 Å². The van der Waals surface area contributed by atoms with Crippen molar-refractivity contribution in [2.24, 2.45) is 0 Å². The van der Waals surface area contributed by atoms with Gasteiger partial charge in [0.15, 0.2) is 0 Å². The molecule has 0 fully saturated rings. The van der Waals surface area contributed by atoms with Crippen LogP contribution in [0.2, 0.25) is 0 Å². The van der Waals surface area contributed by atoms with E-state index in [0.29, 0.717) is 6.54 Å². The van der Waals surface area contributed by atoms with Crippen molar-refractivity contribution in [1.29, 1.82) is 0 Å². The van der Waals surface area contributed by atoms with Gasteiger partial charge in [-0.15, -0.1) is 22.7 Å². The summed E-state index contributed by atoms with van der Waals surface area (Å²) in [6, 6.07) is 5.13. The second-order valence-electron chi connectivity index (χ2n) is 6.06. The lowest BCUT2D eigenvalue weighted by Crippen LogP contribution is -2.37.